The summed E-state index contributed by atoms with van der Waals surface area (Å²) in [6.45, 7) is 0.485. The highest BCUT2D eigenvalue weighted by molar-refractivity contribution is 6.02. The van der Waals surface area contributed by atoms with Crippen molar-refractivity contribution >= 4 is 5.91 Å². The maximum Gasteiger partial charge on any atom is 0.252 e. The zero-order valence-electron chi connectivity index (χ0n) is 11.3. The number of fused-ring (bicyclic) bond motifs is 1. The van der Waals surface area contributed by atoms with E-state index in [0.29, 0.717) is 23.6 Å². The van der Waals surface area contributed by atoms with Crippen LogP contribution in [0.3, 0.4) is 0 Å². The number of methoxy groups -OCH3 is 2. The van der Waals surface area contributed by atoms with Crippen molar-refractivity contribution in [3.05, 3.63) is 41.7 Å². The molecule has 1 aromatic carbocycles. The number of amides is 1. The maximum atomic E-state index is 11.9. The lowest BCUT2D eigenvalue weighted by Crippen LogP contribution is -2.12. The average molecular weight is 270 g/mol. The first-order valence-electron chi connectivity index (χ1n) is 6.22. The van der Waals surface area contributed by atoms with Gasteiger partial charge in [-0.05, 0) is 17.7 Å². The lowest BCUT2D eigenvalue weighted by atomic mass is 9.96. The molecule has 0 saturated heterocycles. The third kappa shape index (κ3) is 1.79. The lowest BCUT2D eigenvalue weighted by molar-refractivity contribution is 0.0965. The van der Waals surface area contributed by atoms with Crippen molar-refractivity contribution < 1.29 is 14.3 Å². The molecule has 0 bridgehead atoms. The summed E-state index contributed by atoms with van der Waals surface area (Å²) in [6, 6.07) is 5.51. The highest BCUT2D eigenvalue weighted by atomic mass is 16.5. The molecular formula is C15H14N2O3. The Bertz CT molecular complexity index is 669. The van der Waals surface area contributed by atoms with Crippen LogP contribution in [-0.2, 0) is 6.54 Å². The molecule has 1 aromatic heterocycles. The van der Waals surface area contributed by atoms with Gasteiger partial charge in [-0.2, -0.15) is 0 Å². The number of carbonyl (C=O) groups is 1. The third-order valence-corrected chi connectivity index (χ3v) is 3.40. The standard InChI is InChI=1S/C15H14N2O3/c1-19-12-6-10-11(8-17-15(10)18)13(14(12)20-2)9-4-3-5-16-7-9/h3-7H,8H2,1-2H3,(H,17,18). The van der Waals surface area contributed by atoms with Gasteiger partial charge in [-0.1, -0.05) is 6.07 Å². The molecule has 0 radical (unpaired) electrons. The van der Waals surface area contributed by atoms with Crippen LogP contribution in [0.4, 0.5) is 0 Å². The maximum absolute atomic E-state index is 11.9. The molecule has 3 rings (SSSR count). The lowest BCUT2D eigenvalue weighted by Gasteiger charge is -2.16. The van der Waals surface area contributed by atoms with Crippen LogP contribution in [0.15, 0.2) is 30.6 Å². The summed E-state index contributed by atoms with van der Waals surface area (Å²) in [5.74, 6) is 1.07. The van der Waals surface area contributed by atoms with E-state index < -0.39 is 0 Å². The van der Waals surface area contributed by atoms with Gasteiger partial charge in [0.15, 0.2) is 11.5 Å². The summed E-state index contributed by atoms with van der Waals surface area (Å²) >= 11 is 0. The first-order chi connectivity index (χ1) is 9.76. The molecule has 102 valence electrons. The Kier molecular flexibility index (Phi) is 3.02. The number of pyridine rings is 1. The van der Waals surface area contributed by atoms with Gasteiger partial charge >= 0.3 is 0 Å². The van der Waals surface area contributed by atoms with Crippen LogP contribution in [0.2, 0.25) is 0 Å². The first kappa shape index (κ1) is 12.5. The van der Waals surface area contributed by atoms with Gasteiger partial charge in [0.25, 0.3) is 5.91 Å². The molecular weight excluding hydrogens is 256 g/mol. The predicted octanol–water partition coefficient (Wildman–Crippen LogP) is 2.01. The van der Waals surface area contributed by atoms with E-state index in [1.54, 1.807) is 32.7 Å². The molecule has 1 amide bonds. The van der Waals surface area contributed by atoms with Crippen molar-refractivity contribution in [3.63, 3.8) is 0 Å². The zero-order valence-corrected chi connectivity index (χ0v) is 11.3. The van der Waals surface area contributed by atoms with Crippen molar-refractivity contribution in [1.82, 2.24) is 10.3 Å². The van der Waals surface area contributed by atoms with E-state index in [0.717, 1.165) is 16.7 Å². The number of hydrogen-bond acceptors (Lipinski definition) is 4. The van der Waals surface area contributed by atoms with Crippen molar-refractivity contribution in [2.24, 2.45) is 0 Å². The quantitative estimate of drug-likeness (QED) is 0.926. The second kappa shape index (κ2) is 4.85. The predicted molar refractivity (Wildman–Crippen MR) is 73.9 cm³/mol. The van der Waals surface area contributed by atoms with Gasteiger partial charge < -0.3 is 14.8 Å². The van der Waals surface area contributed by atoms with Gasteiger partial charge in [0.1, 0.15) is 0 Å². The summed E-state index contributed by atoms with van der Waals surface area (Å²) in [5.41, 5.74) is 3.30. The largest absolute Gasteiger partial charge is 0.493 e. The summed E-state index contributed by atoms with van der Waals surface area (Å²) in [7, 11) is 3.15. The van der Waals surface area contributed by atoms with E-state index in [1.807, 2.05) is 12.1 Å². The third-order valence-electron chi connectivity index (χ3n) is 3.40. The van der Waals surface area contributed by atoms with Crippen LogP contribution in [0.5, 0.6) is 11.5 Å². The Hall–Kier alpha value is -2.56. The molecule has 0 spiro atoms. The normalized spacial score (nSPS) is 12.8. The number of ether oxygens (including phenoxy) is 2. The molecule has 0 unspecified atom stereocenters. The Balaban J connectivity index is 2.34. The van der Waals surface area contributed by atoms with E-state index in [2.05, 4.69) is 10.3 Å². The second-order valence-corrected chi connectivity index (χ2v) is 4.44. The van der Waals surface area contributed by atoms with E-state index in [1.165, 1.54) is 0 Å². The van der Waals surface area contributed by atoms with E-state index in [4.69, 9.17) is 9.47 Å². The van der Waals surface area contributed by atoms with Gasteiger partial charge in [0.05, 0.1) is 14.2 Å². The molecule has 20 heavy (non-hydrogen) atoms. The van der Waals surface area contributed by atoms with Gasteiger partial charge in [-0.15, -0.1) is 0 Å². The topological polar surface area (TPSA) is 60.5 Å². The smallest absolute Gasteiger partial charge is 0.252 e. The van der Waals surface area contributed by atoms with Crippen LogP contribution in [0.1, 0.15) is 15.9 Å². The Morgan fingerprint density at radius 1 is 1.30 bits per heavy atom. The molecule has 1 aliphatic rings. The van der Waals surface area contributed by atoms with Gasteiger partial charge in [-0.25, -0.2) is 0 Å². The van der Waals surface area contributed by atoms with Crippen LogP contribution >= 0.6 is 0 Å². The van der Waals surface area contributed by atoms with Crippen LogP contribution in [-0.4, -0.2) is 25.1 Å². The number of nitrogens with one attached hydrogen (secondary N) is 1. The Morgan fingerprint density at radius 3 is 2.80 bits per heavy atom. The van der Waals surface area contributed by atoms with E-state index >= 15 is 0 Å². The minimum Gasteiger partial charge on any atom is -0.493 e. The second-order valence-electron chi connectivity index (χ2n) is 4.44. The summed E-state index contributed by atoms with van der Waals surface area (Å²) in [5, 5.41) is 2.83. The number of hydrogen-bond donors (Lipinski definition) is 1. The molecule has 1 aliphatic heterocycles. The number of rotatable bonds is 3. The minimum absolute atomic E-state index is 0.0916. The molecule has 0 aliphatic carbocycles. The van der Waals surface area contributed by atoms with Crippen LogP contribution in [0, 0.1) is 0 Å². The van der Waals surface area contributed by atoms with E-state index in [-0.39, 0.29) is 5.91 Å². The SMILES string of the molecule is COc1cc2c(c(-c3cccnc3)c1OC)CNC2=O. The van der Waals surface area contributed by atoms with Crippen molar-refractivity contribution in [3.8, 4) is 22.6 Å². The number of benzene rings is 1. The Labute approximate surface area is 116 Å². The number of carbonyl (C=O) groups excluding carboxylic acids is 1. The molecule has 5 nitrogen and oxygen atoms in total. The van der Waals surface area contributed by atoms with Gasteiger partial charge in [0, 0.05) is 35.6 Å². The van der Waals surface area contributed by atoms with Crippen molar-refractivity contribution in [2.45, 2.75) is 6.54 Å². The van der Waals surface area contributed by atoms with Gasteiger partial charge in [-0.3, -0.25) is 9.78 Å². The number of nitrogens with zero attached hydrogens (tertiary/aromatic N) is 1. The summed E-state index contributed by atoms with van der Waals surface area (Å²) in [4.78, 5) is 16.0. The fraction of sp³-hybridized carbons (Fsp3) is 0.200. The molecule has 0 saturated carbocycles. The van der Waals surface area contributed by atoms with Crippen LogP contribution in [0.25, 0.3) is 11.1 Å². The highest BCUT2D eigenvalue weighted by Crippen LogP contribution is 2.43. The summed E-state index contributed by atoms with van der Waals surface area (Å²) in [6.07, 6.45) is 3.46. The van der Waals surface area contributed by atoms with Crippen LogP contribution < -0.4 is 14.8 Å². The average Bonchev–Trinajstić information content (AvgIpc) is 2.87. The molecule has 0 fully saturated rings. The molecule has 2 heterocycles. The highest BCUT2D eigenvalue weighted by Gasteiger charge is 2.28. The number of aromatic nitrogens is 1. The minimum atomic E-state index is -0.0916. The fourth-order valence-corrected chi connectivity index (χ4v) is 2.50. The van der Waals surface area contributed by atoms with Crippen molar-refractivity contribution in [2.75, 3.05) is 14.2 Å². The Morgan fingerprint density at radius 2 is 2.15 bits per heavy atom. The molecule has 5 heteroatoms. The first-order valence-corrected chi connectivity index (χ1v) is 6.22. The molecule has 1 N–H and O–H groups in total. The fourth-order valence-electron chi connectivity index (χ4n) is 2.50. The summed E-state index contributed by atoms with van der Waals surface area (Å²) < 4.78 is 10.8. The van der Waals surface area contributed by atoms with E-state index in [9.17, 15) is 4.79 Å². The van der Waals surface area contributed by atoms with Crippen molar-refractivity contribution in [1.29, 1.82) is 0 Å². The van der Waals surface area contributed by atoms with Gasteiger partial charge in [0.2, 0.25) is 0 Å². The zero-order chi connectivity index (χ0) is 14.1. The molecule has 0 atom stereocenters. The monoisotopic (exact) mass is 270 g/mol. The molecule has 2 aromatic rings.